The van der Waals surface area contributed by atoms with Gasteiger partial charge in [0.1, 0.15) is 12.4 Å². The fourth-order valence-electron chi connectivity index (χ4n) is 2.40. The molecule has 1 amide bonds. The Bertz CT molecular complexity index is 504. The average molecular weight is 313 g/mol. The van der Waals surface area contributed by atoms with Crippen LogP contribution < -0.4 is 4.90 Å². The molecule has 5 nitrogen and oxygen atoms in total. The third kappa shape index (κ3) is 3.91. The smallest absolute Gasteiger partial charge is 0.288 e. The van der Waals surface area contributed by atoms with Crippen molar-refractivity contribution in [1.29, 1.82) is 0 Å². The average Bonchev–Trinajstić information content (AvgIpc) is 2.69. The second-order valence-corrected chi connectivity index (χ2v) is 5.21. The molecule has 22 heavy (non-hydrogen) atoms. The van der Waals surface area contributed by atoms with Gasteiger partial charge >= 0.3 is 0 Å². The Morgan fingerprint density at radius 1 is 1.41 bits per heavy atom. The van der Waals surface area contributed by atoms with Gasteiger partial charge in [0, 0.05) is 25.8 Å². The van der Waals surface area contributed by atoms with E-state index in [2.05, 4.69) is 4.98 Å². The summed E-state index contributed by atoms with van der Waals surface area (Å²) in [6.45, 7) is 4.67. The minimum atomic E-state index is -3.01. The number of anilines is 1. The summed E-state index contributed by atoms with van der Waals surface area (Å²) < 4.78 is 31.9. The Morgan fingerprint density at radius 2 is 2.14 bits per heavy atom. The topological polar surface area (TPSA) is 45.7 Å². The lowest BCUT2D eigenvalue weighted by molar-refractivity contribution is -0.0660. The summed E-state index contributed by atoms with van der Waals surface area (Å²) in [6, 6.07) is 3.37. The van der Waals surface area contributed by atoms with Crippen molar-refractivity contribution in [3.63, 3.8) is 0 Å². The van der Waals surface area contributed by atoms with Crippen LogP contribution in [-0.4, -0.2) is 61.1 Å². The molecule has 1 aliphatic heterocycles. The molecule has 0 aromatic carbocycles. The van der Waals surface area contributed by atoms with Crippen LogP contribution in [0.2, 0.25) is 0 Å². The molecule has 0 saturated carbocycles. The van der Waals surface area contributed by atoms with Crippen molar-refractivity contribution < 1.29 is 18.3 Å². The summed E-state index contributed by atoms with van der Waals surface area (Å²) in [5, 5.41) is 0. The van der Waals surface area contributed by atoms with E-state index in [-0.39, 0.29) is 13.2 Å². The fraction of sp³-hybridized carbons (Fsp3) is 0.600. The number of carbonyl (C=O) groups excluding carboxylic acids is 1. The lowest BCUT2D eigenvalue weighted by atomic mass is 10.2. The van der Waals surface area contributed by atoms with Gasteiger partial charge in [-0.25, -0.2) is 13.8 Å². The van der Waals surface area contributed by atoms with Crippen LogP contribution in [-0.2, 0) is 4.74 Å². The van der Waals surface area contributed by atoms with Crippen molar-refractivity contribution in [3.8, 4) is 0 Å². The molecular weight excluding hydrogens is 292 g/mol. The number of pyridine rings is 1. The van der Waals surface area contributed by atoms with E-state index < -0.39 is 25.0 Å². The first-order valence-electron chi connectivity index (χ1n) is 7.42. The molecule has 1 aliphatic rings. The lowest BCUT2D eigenvalue weighted by Crippen LogP contribution is -2.41. The minimum Gasteiger partial charge on any atom is -0.373 e. The Hall–Kier alpha value is -1.76. The Balaban J connectivity index is 2.12. The molecule has 2 rings (SSSR count). The molecule has 1 aromatic heterocycles. The van der Waals surface area contributed by atoms with Crippen LogP contribution in [0.4, 0.5) is 14.6 Å². The van der Waals surface area contributed by atoms with E-state index in [9.17, 15) is 13.6 Å². The molecule has 0 N–H and O–H groups in total. The van der Waals surface area contributed by atoms with E-state index in [1.165, 1.54) is 6.20 Å². The predicted molar refractivity (Wildman–Crippen MR) is 79.5 cm³/mol. The van der Waals surface area contributed by atoms with Crippen molar-refractivity contribution in [2.45, 2.75) is 19.8 Å². The van der Waals surface area contributed by atoms with E-state index in [1.807, 2.05) is 18.7 Å². The third-order valence-electron chi connectivity index (χ3n) is 3.61. The normalized spacial score (nSPS) is 17.9. The second-order valence-electron chi connectivity index (χ2n) is 5.21. The summed E-state index contributed by atoms with van der Waals surface area (Å²) in [7, 11) is 0. The second kappa shape index (κ2) is 7.00. The maximum atomic E-state index is 13.5. The molecule has 1 fully saturated rings. The Kier molecular flexibility index (Phi) is 5.28. The zero-order valence-corrected chi connectivity index (χ0v) is 12.9. The van der Waals surface area contributed by atoms with Gasteiger partial charge in [0.05, 0.1) is 18.7 Å². The quantitative estimate of drug-likeness (QED) is 0.853. The van der Waals surface area contributed by atoms with Gasteiger partial charge < -0.3 is 14.5 Å². The molecule has 0 atom stereocenters. The summed E-state index contributed by atoms with van der Waals surface area (Å²) >= 11 is 0. The van der Waals surface area contributed by atoms with Crippen LogP contribution in [0.15, 0.2) is 18.3 Å². The number of alkyl halides is 2. The van der Waals surface area contributed by atoms with Gasteiger partial charge in [-0.15, -0.1) is 0 Å². The maximum Gasteiger partial charge on any atom is 0.288 e. The monoisotopic (exact) mass is 313 g/mol. The van der Waals surface area contributed by atoms with Crippen LogP contribution in [0.25, 0.3) is 0 Å². The number of ether oxygens (including phenoxy) is 1. The van der Waals surface area contributed by atoms with Gasteiger partial charge in [0.25, 0.3) is 11.8 Å². The highest BCUT2D eigenvalue weighted by atomic mass is 19.3. The molecule has 0 unspecified atom stereocenters. The summed E-state index contributed by atoms with van der Waals surface area (Å²) in [6.07, 6.45) is 1.44. The van der Waals surface area contributed by atoms with Gasteiger partial charge in [-0.05, 0) is 26.0 Å². The number of amides is 1. The molecule has 7 heteroatoms. The zero-order valence-electron chi connectivity index (χ0n) is 12.9. The van der Waals surface area contributed by atoms with Gasteiger partial charge in [-0.1, -0.05) is 0 Å². The zero-order chi connectivity index (χ0) is 16.2. The third-order valence-corrected chi connectivity index (χ3v) is 3.61. The predicted octanol–water partition coefficient (Wildman–Crippen LogP) is 2.04. The molecule has 1 aromatic rings. The Morgan fingerprint density at radius 3 is 2.73 bits per heavy atom. The Labute approximate surface area is 128 Å². The van der Waals surface area contributed by atoms with Crippen molar-refractivity contribution in [2.75, 3.05) is 44.3 Å². The van der Waals surface area contributed by atoms with E-state index in [4.69, 9.17) is 4.74 Å². The molecule has 0 aliphatic carbocycles. The highest BCUT2D eigenvalue weighted by Gasteiger charge is 2.36. The first kappa shape index (κ1) is 16.6. The minimum absolute atomic E-state index is 0.117. The van der Waals surface area contributed by atoms with E-state index in [0.717, 1.165) is 23.8 Å². The lowest BCUT2D eigenvalue weighted by Gasteiger charge is -2.24. The summed E-state index contributed by atoms with van der Waals surface area (Å²) in [4.78, 5) is 19.8. The summed E-state index contributed by atoms with van der Waals surface area (Å²) in [5.41, 5.74) is 0.314. The van der Waals surface area contributed by atoms with Crippen LogP contribution in [0.3, 0.4) is 0 Å². The number of carbonyl (C=O) groups is 1. The number of aromatic nitrogens is 1. The molecular formula is C15H21F2N3O2. The number of nitrogens with zero attached hydrogens (tertiary/aromatic N) is 3. The van der Waals surface area contributed by atoms with Gasteiger partial charge in [0.2, 0.25) is 0 Å². The first-order valence-corrected chi connectivity index (χ1v) is 7.42. The number of rotatable bonds is 4. The van der Waals surface area contributed by atoms with E-state index in [1.54, 1.807) is 12.1 Å². The van der Waals surface area contributed by atoms with Gasteiger partial charge in [0.15, 0.2) is 0 Å². The molecule has 0 spiro atoms. The van der Waals surface area contributed by atoms with Crippen molar-refractivity contribution >= 4 is 11.7 Å². The molecule has 1 saturated heterocycles. The van der Waals surface area contributed by atoms with E-state index in [0.29, 0.717) is 5.56 Å². The van der Waals surface area contributed by atoms with Gasteiger partial charge in [-0.2, -0.15) is 0 Å². The number of hydrogen-bond donors (Lipinski definition) is 0. The molecule has 122 valence electrons. The van der Waals surface area contributed by atoms with Crippen LogP contribution in [0.1, 0.15) is 24.2 Å². The SMILES string of the molecule is CCN(CC)c1ccc(C(=O)N2CCOCC(F)(F)C2)cn1. The van der Waals surface area contributed by atoms with Crippen LogP contribution >= 0.6 is 0 Å². The number of halogens is 2. The molecule has 0 radical (unpaired) electrons. The highest BCUT2D eigenvalue weighted by molar-refractivity contribution is 5.94. The van der Waals surface area contributed by atoms with Crippen LogP contribution in [0, 0.1) is 0 Å². The highest BCUT2D eigenvalue weighted by Crippen LogP contribution is 2.20. The summed E-state index contributed by atoms with van der Waals surface area (Å²) in [5.74, 6) is -2.68. The standard InChI is InChI=1S/C15H21F2N3O2/c1-3-19(4-2)13-6-5-12(9-18-13)14(21)20-7-8-22-11-15(16,17)10-20/h5-6,9H,3-4,7-8,10-11H2,1-2H3. The van der Waals surface area contributed by atoms with Crippen molar-refractivity contribution in [2.24, 2.45) is 0 Å². The first-order chi connectivity index (χ1) is 10.5. The molecule has 2 heterocycles. The van der Waals surface area contributed by atoms with Gasteiger partial charge in [-0.3, -0.25) is 4.79 Å². The molecule has 0 bridgehead atoms. The van der Waals surface area contributed by atoms with Crippen molar-refractivity contribution in [1.82, 2.24) is 9.88 Å². The largest absolute Gasteiger partial charge is 0.373 e. The maximum absolute atomic E-state index is 13.5. The fourth-order valence-corrected chi connectivity index (χ4v) is 2.40. The van der Waals surface area contributed by atoms with Crippen LogP contribution in [0.5, 0.6) is 0 Å². The van der Waals surface area contributed by atoms with Crippen molar-refractivity contribution in [3.05, 3.63) is 23.9 Å². The number of hydrogen-bond acceptors (Lipinski definition) is 4. The van der Waals surface area contributed by atoms with E-state index >= 15 is 0 Å².